The number of anilines is 1. The lowest BCUT2D eigenvalue weighted by Crippen LogP contribution is -2.18. The summed E-state index contributed by atoms with van der Waals surface area (Å²) in [5.41, 5.74) is 4.88. The molecule has 2 heterocycles. The van der Waals surface area contributed by atoms with E-state index in [9.17, 15) is 9.59 Å². The minimum atomic E-state index is -0.287. The number of nitrogens with one attached hydrogen (secondary N) is 2. The van der Waals surface area contributed by atoms with Crippen LogP contribution in [0.1, 0.15) is 46.2 Å². The van der Waals surface area contributed by atoms with Crippen molar-refractivity contribution in [2.45, 2.75) is 26.8 Å². The summed E-state index contributed by atoms with van der Waals surface area (Å²) in [5.74, 6) is -0.503. The van der Waals surface area contributed by atoms with Crippen LogP contribution in [0.3, 0.4) is 0 Å². The van der Waals surface area contributed by atoms with Gasteiger partial charge >= 0.3 is 0 Å². The molecule has 0 aliphatic carbocycles. The Bertz CT molecular complexity index is 1320. The summed E-state index contributed by atoms with van der Waals surface area (Å²) in [4.78, 5) is 30.2. The highest BCUT2D eigenvalue weighted by Gasteiger charge is 2.19. The standard InChI is InChI=1S/C25H25N5O2/c1-15(2)30-23-21(14-27-30)20(13-22(29-23)19-11-6-5-8-16(19)3)25(32)28-18-10-7-9-17(12-18)24(31)26-4/h5-15H,1-4H3,(H,26,31)(H,28,32). The summed E-state index contributed by atoms with van der Waals surface area (Å²) in [6.07, 6.45) is 1.68. The zero-order valence-corrected chi connectivity index (χ0v) is 18.5. The molecule has 0 bridgehead atoms. The van der Waals surface area contributed by atoms with Gasteiger partial charge in [0.15, 0.2) is 5.65 Å². The fraction of sp³-hybridized carbons (Fsp3) is 0.200. The Morgan fingerprint density at radius 2 is 1.78 bits per heavy atom. The fourth-order valence-electron chi connectivity index (χ4n) is 3.66. The lowest BCUT2D eigenvalue weighted by molar-refractivity contribution is 0.0961. The van der Waals surface area contributed by atoms with Gasteiger partial charge in [-0.1, -0.05) is 30.3 Å². The summed E-state index contributed by atoms with van der Waals surface area (Å²) in [5, 5.41) is 10.7. The van der Waals surface area contributed by atoms with E-state index in [2.05, 4.69) is 15.7 Å². The molecule has 0 fully saturated rings. The van der Waals surface area contributed by atoms with Crippen LogP contribution >= 0.6 is 0 Å². The first-order valence-corrected chi connectivity index (χ1v) is 10.5. The third-order valence-electron chi connectivity index (χ3n) is 5.33. The maximum Gasteiger partial charge on any atom is 0.256 e. The molecule has 2 aromatic carbocycles. The van der Waals surface area contributed by atoms with E-state index in [1.54, 1.807) is 43.6 Å². The first-order valence-electron chi connectivity index (χ1n) is 10.5. The average molecular weight is 428 g/mol. The summed E-state index contributed by atoms with van der Waals surface area (Å²) >= 11 is 0. The highest BCUT2D eigenvalue weighted by Crippen LogP contribution is 2.28. The fourth-order valence-corrected chi connectivity index (χ4v) is 3.66. The van der Waals surface area contributed by atoms with E-state index < -0.39 is 0 Å². The lowest BCUT2D eigenvalue weighted by atomic mass is 10.0. The molecule has 2 N–H and O–H groups in total. The number of hydrogen-bond donors (Lipinski definition) is 2. The van der Waals surface area contributed by atoms with Gasteiger partial charge in [0.2, 0.25) is 0 Å². The predicted octanol–water partition coefficient (Wildman–Crippen LogP) is 4.60. The summed E-state index contributed by atoms with van der Waals surface area (Å²) < 4.78 is 1.82. The molecule has 162 valence electrons. The van der Waals surface area contributed by atoms with Crippen LogP contribution in [0, 0.1) is 6.92 Å². The highest BCUT2D eigenvalue weighted by molar-refractivity contribution is 6.13. The zero-order valence-electron chi connectivity index (χ0n) is 18.5. The summed E-state index contributed by atoms with van der Waals surface area (Å²) in [7, 11) is 1.57. The second-order valence-corrected chi connectivity index (χ2v) is 7.90. The van der Waals surface area contributed by atoms with E-state index in [1.165, 1.54) is 0 Å². The number of fused-ring (bicyclic) bond motifs is 1. The molecule has 0 saturated carbocycles. The number of rotatable bonds is 5. The first-order chi connectivity index (χ1) is 15.4. The normalized spacial score (nSPS) is 11.0. The van der Waals surface area contributed by atoms with Crippen molar-refractivity contribution in [2.75, 3.05) is 12.4 Å². The quantitative estimate of drug-likeness (QED) is 0.487. The molecule has 7 heteroatoms. The summed E-state index contributed by atoms with van der Waals surface area (Å²) in [6, 6.07) is 16.7. The van der Waals surface area contributed by atoms with Crippen molar-refractivity contribution >= 4 is 28.5 Å². The van der Waals surface area contributed by atoms with E-state index in [-0.39, 0.29) is 17.9 Å². The van der Waals surface area contributed by atoms with Gasteiger partial charge in [0.25, 0.3) is 11.8 Å². The second-order valence-electron chi connectivity index (χ2n) is 7.90. The van der Waals surface area contributed by atoms with Gasteiger partial charge in [0.05, 0.1) is 22.8 Å². The highest BCUT2D eigenvalue weighted by atomic mass is 16.2. The van der Waals surface area contributed by atoms with Crippen LogP contribution in [0.25, 0.3) is 22.3 Å². The average Bonchev–Trinajstić information content (AvgIpc) is 3.22. The number of pyridine rings is 1. The van der Waals surface area contributed by atoms with Crippen molar-refractivity contribution in [3.05, 3.63) is 77.5 Å². The Kier molecular flexibility index (Phi) is 5.73. The monoisotopic (exact) mass is 427 g/mol. The molecule has 0 saturated heterocycles. The molecule has 0 unspecified atom stereocenters. The van der Waals surface area contributed by atoms with Gasteiger partial charge in [-0.25, -0.2) is 9.67 Å². The minimum absolute atomic E-state index is 0.0901. The van der Waals surface area contributed by atoms with Crippen molar-refractivity contribution in [3.8, 4) is 11.3 Å². The van der Waals surface area contributed by atoms with Crippen LogP contribution < -0.4 is 10.6 Å². The van der Waals surface area contributed by atoms with E-state index in [1.807, 2.05) is 49.7 Å². The third-order valence-corrected chi connectivity index (χ3v) is 5.33. The minimum Gasteiger partial charge on any atom is -0.355 e. The lowest BCUT2D eigenvalue weighted by Gasteiger charge is -2.12. The van der Waals surface area contributed by atoms with Crippen LogP contribution in [0.4, 0.5) is 5.69 Å². The molecular weight excluding hydrogens is 402 g/mol. The van der Waals surface area contributed by atoms with E-state index in [4.69, 9.17) is 4.98 Å². The van der Waals surface area contributed by atoms with Crippen molar-refractivity contribution in [3.63, 3.8) is 0 Å². The smallest absolute Gasteiger partial charge is 0.256 e. The molecule has 4 rings (SSSR count). The Labute approximate surface area is 186 Å². The Morgan fingerprint density at radius 1 is 1.00 bits per heavy atom. The van der Waals surface area contributed by atoms with Crippen LogP contribution in [-0.2, 0) is 0 Å². The van der Waals surface area contributed by atoms with Crippen molar-refractivity contribution in [2.24, 2.45) is 0 Å². The van der Waals surface area contributed by atoms with E-state index in [0.717, 1.165) is 11.1 Å². The van der Waals surface area contributed by atoms with Gasteiger partial charge in [0, 0.05) is 29.9 Å². The predicted molar refractivity (Wildman–Crippen MR) is 126 cm³/mol. The molecule has 4 aromatic rings. The SMILES string of the molecule is CNC(=O)c1cccc(NC(=O)c2cc(-c3ccccc3C)nc3c2cnn3C(C)C)c1. The Balaban J connectivity index is 1.82. The molecule has 2 amide bonds. The van der Waals surface area contributed by atoms with Crippen LogP contribution in [-0.4, -0.2) is 33.6 Å². The van der Waals surface area contributed by atoms with Gasteiger partial charge in [-0.2, -0.15) is 5.10 Å². The number of amides is 2. The Morgan fingerprint density at radius 3 is 2.50 bits per heavy atom. The number of nitrogens with zero attached hydrogens (tertiary/aromatic N) is 3. The first kappa shape index (κ1) is 21.2. The third kappa shape index (κ3) is 3.97. The molecular formula is C25H25N5O2. The van der Waals surface area contributed by atoms with Gasteiger partial charge in [-0.3, -0.25) is 9.59 Å². The number of carbonyl (C=O) groups is 2. The number of aromatic nitrogens is 3. The second kappa shape index (κ2) is 8.63. The molecule has 0 atom stereocenters. The topological polar surface area (TPSA) is 88.9 Å². The molecule has 0 spiro atoms. The van der Waals surface area contributed by atoms with E-state index >= 15 is 0 Å². The van der Waals surface area contributed by atoms with Gasteiger partial charge in [0.1, 0.15) is 0 Å². The van der Waals surface area contributed by atoms with Crippen molar-refractivity contribution < 1.29 is 9.59 Å². The van der Waals surface area contributed by atoms with Crippen molar-refractivity contribution in [1.82, 2.24) is 20.1 Å². The van der Waals surface area contributed by atoms with Gasteiger partial charge in [-0.15, -0.1) is 0 Å². The zero-order chi connectivity index (χ0) is 22.8. The molecule has 0 radical (unpaired) electrons. The maximum atomic E-state index is 13.3. The van der Waals surface area contributed by atoms with Crippen molar-refractivity contribution in [1.29, 1.82) is 0 Å². The molecule has 0 aliphatic heterocycles. The Hall–Kier alpha value is -4.00. The number of aryl methyl sites for hydroxylation is 1. The molecule has 0 aliphatic rings. The number of hydrogen-bond acceptors (Lipinski definition) is 4. The van der Waals surface area contributed by atoms with Gasteiger partial charge in [-0.05, 0) is 50.6 Å². The molecule has 32 heavy (non-hydrogen) atoms. The molecule has 7 nitrogen and oxygen atoms in total. The van der Waals surface area contributed by atoms with Gasteiger partial charge < -0.3 is 10.6 Å². The van der Waals surface area contributed by atoms with Crippen LogP contribution in [0.5, 0.6) is 0 Å². The number of benzene rings is 2. The van der Waals surface area contributed by atoms with E-state index in [0.29, 0.717) is 33.5 Å². The largest absolute Gasteiger partial charge is 0.355 e. The molecule has 2 aromatic heterocycles. The number of carbonyl (C=O) groups excluding carboxylic acids is 2. The van der Waals surface area contributed by atoms with Crippen LogP contribution in [0.2, 0.25) is 0 Å². The summed E-state index contributed by atoms with van der Waals surface area (Å²) in [6.45, 7) is 6.07. The van der Waals surface area contributed by atoms with Crippen LogP contribution in [0.15, 0.2) is 60.8 Å². The maximum absolute atomic E-state index is 13.3.